The minimum atomic E-state index is -1.30. The zero-order chi connectivity index (χ0) is 23.5. The predicted octanol–water partition coefficient (Wildman–Crippen LogP) is 4.83. The number of carbonyl (C=O) groups is 3. The number of nitrogens with zero attached hydrogens (tertiary/aromatic N) is 1. The average Bonchev–Trinajstić information content (AvgIpc) is 2.99. The number of para-hydroxylation sites is 1. The summed E-state index contributed by atoms with van der Waals surface area (Å²) in [7, 11) is 0. The van der Waals surface area contributed by atoms with E-state index in [4.69, 9.17) is 0 Å². The lowest BCUT2D eigenvalue weighted by Gasteiger charge is -2.27. The lowest BCUT2D eigenvalue weighted by molar-refractivity contribution is -0.134. The second-order valence-electron chi connectivity index (χ2n) is 8.58. The van der Waals surface area contributed by atoms with Crippen molar-refractivity contribution in [2.75, 3.05) is 11.9 Å². The molecule has 2 aromatic rings. The van der Waals surface area contributed by atoms with E-state index in [1.807, 2.05) is 45.9 Å². The number of aryl methyl sites for hydroxylation is 1. The summed E-state index contributed by atoms with van der Waals surface area (Å²) in [4.78, 5) is 40.0. The van der Waals surface area contributed by atoms with E-state index >= 15 is 0 Å². The summed E-state index contributed by atoms with van der Waals surface area (Å²) >= 11 is 0. The van der Waals surface area contributed by atoms with Gasteiger partial charge in [-0.2, -0.15) is 0 Å². The Hall–Kier alpha value is -3.22. The van der Waals surface area contributed by atoms with E-state index in [1.54, 1.807) is 0 Å². The number of hydrogen-bond acceptors (Lipinski definition) is 3. The first-order valence-corrected chi connectivity index (χ1v) is 11.0. The SMILES string of the molecule is CCCC[C@@]1(c2ccc(F)cc2)NC(=O)N(CC(=O)Nc2c(C)cccc2C(C)C)C1=O. The van der Waals surface area contributed by atoms with Crippen LogP contribution in [-0.4, -0.2) is 29.3 Å². The van der Waals surface area contributed by atoms with Crippen molar-refractivity contribution < 1.29 is 18.8 Å². The molecule has 2 aromatic carbocycles. The molecular formula is C25H30FN3O3. The molecule has 0 saturated carbocycles. The van der Waals surface area contributed by atoms with E-state index in [0.717, 1.165) is 22.4 Å². The van der Waals surface area contributed by atoms with Gasteiger partial charge < -0.3 is 10.6 Å². The lowest BCUT2D eigenvalue weighted by Crippen LogP contribution is -2.44. The largest absolute Gasteiger partial charge is 0.325 e. The molecule has 1 atom stereocenters. The molecule has 0 bridgehead atoms. The number of nitrogens with one attached hydrogen (secondary N) is 2. The Labute approximate surface area is 188 Å². The normalized spacial score (nSPS) is 18.2. The fourth-order valence-corrected chi connectivity index (χ4v) is 4.12. The van der Waals surface area contributed by atoms with Crippen LogP contribution in [0.1, 0.15) is 62.6 Å². The molecule has 3 rings (SSSR count). The number of urea groups is 1. The number of imide groups is 1. The van der Waals surface area contributed by atoms with Gasteiger partial charge in [0, 0.05) is 5.69 Å². The number of unbranched alkanes of at least 4 members (excludes halogenated alkanes) is 1. The van der Waals surface area contributed by atoms with Crippen molar-refractivity contribution >= 4 is 23.5 Å². The van der Waals surface area contributed by atoms with E-state index in [2.05, 4.69) is 10.6 Å². The molecule has 170 valence electrons. The van der Waals surface area contributed by atoms with E-state index in [0.29, 0.717) is 24.1 Å². The summed E-state index contributed by atoms with van der Waals surface area (Å²) in [6, 6.07) is 10.7. The Morgan fingerprint density at radius 2 is 1.84 bits per heavy atom. The van der Waals surface area contributed by atoms with Crippen molar-refractivity contribution in [3.05, 3.63) is 65.0 Å². The molecule has 32 heavy (non-hydrogen) atoms. The lowest BCUT2D eigenvalue weighted by atomic mass is 9.85. The minimum absolute atomic E-state index is 0.196. The standard InChI is InChI=1S/C25H30FN3O3/c1-5-6-14-25(18-10-12-19(26)13-11-18)23(31)29(24(32)28-25)15-21(30)27-22-17(4)8-7-9-20(22)16(2)3/h7-13,16H,5-6,14-15H2,1-4H3,(H,27,30)(H,28,32)/t25-/m0/s1. The molecule has 1 heterocycles. The number of halogens is 1. The van der Waals surface area contributed by atoms with Crippen molar-refractivity contribution in [3.63, 3.8) is 0 Å². The highest BCUT2D eigenvalue weighted by Crippen LogP contribution is 2.34. The molecule has 7 heteroatoms. The fourth-order valence-electron chi connectivity index (χ4n) is 4.12. The Balaban J connectivity index is 1.85. The first-order chi connectivity index (χ1) is 15.2. The second-order valence-corrected chi connectivity index (χ2v) is 8.58. The maximum absolute atomic E-state index is 13.5. The molecule has 0 radical (unpaired) electrons. The van der Waals surface area contributed by atoms with Gasteiger partial charge in [-0.15, -0.1) is 0 Å². The summed E-state index contributed by atoms with van der Waals surface area (Å²) in [5, 5.41) is 5.67. The highest BCUT2D eigenvalue weighted by molar-refractivity contribution is 6.10. The maximum atomic E-state index is 13.5. The number of anilines is 1. The van der Waals surface area contributed by atoms with Crippen molar-refractivity contribution in [2.45, 2.75) is 58.4 Å². The highest BCUT2D eigenvalue weighted by Gasteiger charge is 2.52. The first-order valence-electron chi connectivity index (χ1n) is 11.0. The molecule has 1 aliphatic rings. The van der Waals surface area contributed by atoms with Gasteiger partial charge in [-0.25, -0.2) is 9.18 Å². The van der Waals surface area contributed by atoms with Crippen LogP contribution >= 0.6 is 0 Å². The van der Waals surface area contributed by atoms with Gasteiger partial charge in [0.25, 0.3) is 5.91 Å². The minimum Gasteiger partial charge on any atom is -0.324 e. The van der Waals surface area contributed by atoms with E-state index in [1.165, 1.54) is 24.3 Å². The van der Waals surface area contributed by atoms with Gasteiger partial charge in [-0.05, 0) is 48.1 Å². The smallest absolute Gasteiger partial charge is 0.324 e. The van der Waals surface area contributed by atoms with Crippen molar-refractivity contribution in [1.29, 1.82) is 0 Å². The predicted molar refractivity (Wildman–Crippen MR) is 122 cm³/mol. The Bertz CT molecular complexity index is 1020. The number of benzene rings is 2. The Kier molecular flexibility index (Phi) is 6.96. The second kappa shape index (κ2) is 9.51. The maximum Gasteiger partial charge on any atom is 0.325 e. The van der Waals surface area contributed by atoms with Crippen LogP contribution in [-0.2, 0) is 15.1 Å². The molecule has 1 saturated heterocycles. The van der Waals surface area contributed by atoms with Gasteiger partial charge >= 0.3 is 6.03 Å². The molecule has 6 nitrogen and oxygen atoms in total. The monoisotopic (exact) mass is 439 g/mol. The van der Waals surface area contributed by atoms with Crippen molar-refractivity contribution in [3.8, 4) is 0 Å². The highest BCUT2D eigenvalue weighted by atomic mass is 19.1. The van der Waals surface area contributed by atoms with Crippen molar-refractivity contribution in [1.82, 2.24) is 10.2 Å². The van der Waals surface area contributed by atoms with E-state index in [9.17, 15) is 18.8 Å². The van der Waals surface area contributed by atoms with Gasteiger partial charge in [0.1, 0.15) is 17.9 Å². The molecule has 1 aliphatic heterocycles. The molecule has 1 fully saturated rings. The third-order valence-corrected chi connectivity index (χ3v) is 5.91. The van der Waals surface area contributed by atoms with Gasteiger partial charge in [0.2, 0.25) is 5.91 Å². The van der Waals surface area contributed by atoms with Crippen LogP contribution in [0.5, 0.6) is 0 Å². The number of hydrogen-bond donors (Lipinski definition) is 2. The summed E-state index contributed by atoms with van der Waals surface area (Å²) < 4.78 is 13.5. The molecular weight excluding hydrogens is 409 g/mol. The number of amides is 4. The Morgan fingerprint density at radius 1 is 1.16 bits per heavy atom. The summed E-state index contributed by atoms with van der Waals surface area (Å²) in [6.45, 7) is 7.56. The fraction of sp³-hybridized carbons (Fsp3) is 0.400. The van der Waals surface area contributed by atoms with Crippen LogP contribution in [0.25, 0.3) is 0 Å². The number of rotatable bonds is 8. The van der Waals surface area contributed by atoms with Crippen LogP contribution in [0, 0.1) is 12.7 Å². The van der Waals surface area contributed by atoms with Gasteiger partial charge in [-0.3, -0.25) is 14.5 Å². The average molecular weight is 440 g/mol. The third-order valence-electron chi connectivity index (χ3n) is 5.91. The molecule has 0 spiro atoms. The van der Waals surface area contributed by atoms with Crippen LogP contribution in [0.15, 0.2) is 42.5 Å². The molecule has 0 aliphatic carbocycles. The number of carbonyl (C=O) groups excluding carboxylic acids is 3. The summed E-state index contributed by atoms with van der Waals surface area (Å²) in [5.41, 5.74) is 1.81. The summed E-state index contributed by atoms with van der Waals surface area (Å²) in [5.74, 6) is -1.17. The molecule has 0 unspecified atom stereocenters. The van der Waals surface area contributed by atoms with E-state index in [-0.39, 0.29) is 5.92 Å². The Morgan fingerprint density at radius 3 is 2.47 bits per heavy atom. The van der Waals surface area contributed by atoms with Gasteiger partial charge in [-0.1, -0.05) is 63.9 Å². The van der Waals surface area contributed by atoms with Gasteiger partial charge in [0.15, 0.2) is 0 Å². The molecule has 4 amide bonds. The van der Waals surface area contributed by atoms with Crippen LogP contribution in [0.4, 0.5) is 14.9 Å². The zero-order valence-corrected chi connectivity index (χ0v) is 19.0. The quantitative estimate of drug-likeness (QED) is 0.578. The molecule has 2 N–H and O–H groups in total. The van der Waals surface area contributed by atoms with Crippen LogP contribution < -0.4 is 10.6 Å². The van der Waals surface area contributed by atoms with Crippen LogP contribution in [0.2, 0.25) is 0 Å². The van der Waals surface area contributed by atoms with Crippen molar-refractivity contribution in [2.24, 2.45) is 0 Å². The first kappa shape index (κ1) is 23.4. The third kappa shape index (κ3) is 4.52. The summed E-state index contributed by atoms with van der Waals surface area (Å²) in [6.07, 6.45) is 1.87. The topological polar surface area (TPSA) is 78.5 Å². The van der Waals surface area contributed by atoms with Crippen LogP contribution in [0.3, 0.4) is 0 Å². The van der Waals surface area contributed by atoms with E-state index < -0.39 is 35.7 Å². The molecule has 0 aromatic heterocycles. The zero-order valence-electron chi connectivity index (χ0n) is 19.0. The van der Waals surface area contributed by atoms with Gasteiger partial charge in [0.05, 0.1) is 0 Å².